The lowest BCUT2D eigenvalue weighted by atomic mass is 10.1. The van der Waals surface area contributed by atoms with E-state index in [0.29, 0.717) is 22.2 Å². The van der Waals surface area contributed by atoms with Crippen LogP contribution in [-0.4, -0.2) is 43.8 Å². The van der Waals surface area contributed by atoms with Crippen molar-refractivity contribution >= 4 is 57.3 Å². The van der Waals surface area contributed by atoms with Crippen LogP contribution in [-0.2, 0) is 4.79 Å². The first kappa shape index (κ1) is 27.8. The van der Waals surface area contributed by atoms with Gasteiger partial charge < -0.3 is 20.1 Å². The van der Waals surface area contributed by atoms with Gasteiger partial charge in [0, 0.05) is 19.8 Å². The van der Waals surface area contributed by atoms with Gasteiger partial charge in [0.25, 0.3) is 11.8 Å². The van der Waals surface area contributed by atoms with Crippen LogP contribution >= 0.6 is 27.5 Å². The minimum absolute atomic E-state index is 0.0263. The van der Waals surface area contributed by atoms with Crippen molar-refractivity contribution in [1.82, 2.24) is 10.7 Å². The van der Waals surface area contributed by atoms with Gasteiger partial charge in [0.2, 0.25) is 0 Å². The molecular formula is C27H26BrClN4O4. The molecule has 0 unspecified atom stereocenters. The number of ether oxygens (including phenoxy) is 1. The number of hydrazone groups is 1. The highest BCUT2D eigenvalue weighted by molar-refractivity contribution is 9.10. The number of amides is 2. The molecule has 0 radical (unpaired) electrons. The first-order valence-corrected chi connectivity index (χ1v) is 12.4. The van der Waals surface area contributed by atoms with Crippen LogP contribution in [0.3, 0.4) is 0 Å². The minimum atomic E-state index is -0.642. The van der Waals surface area contributed by atoms with Gasteiger partial charge in [-0.25, -0.2) is 5.43 Å². The molecule has 0 saturated heterocycles. The Hall–Kier alpha value is -3.82. The van der Waals surface area contributed by atoms with Crippen molar-refractivity contribution < 1.29 is 19.4 Å². The zero-order valence-electron chi connectivity index (χ0n) is 20.5. The number of phenols is 1. The van der Waals surface area contributed by atoms with E-state index in [0.717, 1.165) is 5.69 Å². The fourth-order valence-electron chi connectivity index (χ4n) is 3.19. The summed E-state index contributed by atoms with van der Waals surface area (Å²) in [6, 6.07) is 17.2. The summed E-state index contributed by atoms with van der Waals surface area (Å²) in [4.78, 5) is 27.9. The van der Waals surface area contributed by atoms with Crippen LogP contribution in [0.15, 0.2) is 75.9 Å². The summed E-state index contributed by atoms with van der Waals surface area (Å²) in [6.07, 6.45) is 2.94. The van der Waals surface area contributed by atoms with Crippen LogP contribution in [0.25, 0.3) is 6.08 Å². The molecule has 8 nitrogen and oxygen atoms in total. The molecule has 3 aromatic rings. The molecule has 0 spiro atoms. The number of anilines is 1. The van der Waals surface area contributed by atoms with Gasteiger partial charge in [0.1, 0.15) is 5.70 Å². The average molecular weight is 586 g/mol. The van der Waals surface area contributed by atoms with E-state index in [-0.39, 0.29) is 27.8 Å². The lowest BCUT2D eigenvalue weighted by Gasteiger charge is -2.13. The van der Waals surface area contributed by atoms with Gasteiger partial charge in [-0.1, -0.05) is 35.9 Å². The summed E-state index contributed by atoms with van der Waals surface area (Å²) in [5.41, 5.74) is 4.88. The van der Waals surface area contributed by atoms with Crippen molar-refractivity contribution in [2.45, 2.75) is 6.92 Å². The van der Waals surface area contributed by atoms with E-state index in [1.54, 1.807) is 49.4 Å². The topological polar surface area (TPSA) is 103 Å². The smallest absolute Gasteiger partial charge is 0.287 e. The van der Waals surface area contributed by atoms with Crippen LogP contribution in [0.4, 0.5) is 5.69 Å². The summed E-state index contributed by atoms with van der Waals surface area (Å²) in [5, 5.41) is 17.0. The van der Waals surface area contributed by atoms with Gasteiger partial charge in [-0.15, -0.1) is 0 Å². The second-order valence-corrected chi connectivity index (χ2v) is 9.22. The molecule has 0 aromatic heterocycles. The molecule has 0 saturated carbocycles. The first-order valence-electron chi connectivity index (χ1n) is 11.2. The largest absolute Gasteiger partial charge is 0.503 e. The number of nitrogens with zero attached hydrogens (tertiary/aromatic N) is 2. The van der Waals surface area contributed by atoms with Crippen molar-refractivity contribution in [2.24, 2.45) is 5.10 Å². The van der Waals surface area contributed by atoms with Crippen molar-refractivity contribution in [3.63, 3.8) is 0 Å². The fourth-order valence-corrected chi connectivity index (χ4v) is 3.87. The highest BCUT2D eigenvalue weighted by Crippen LogP contribution is 2.35. The lowest BCUT2D eigenvalue weighted by molar-refractivity contribution is -0.117. The average Bonchev–Trinajstić information content (AvgIpc) is 2.87. The fraction of sp³-hybridized carbons (Fsp3) is 0.148. The quantitative estimate of drug-likeness (QED) is 0.182. The SMILES string of the molecule is CCOc1cc(/C=N/NC(=O)/C(=C\c2ccc(N(C)C)cc2)NC(=O)c2ccccc2Cl)cc(Br)c1O. The lowest BCUT2D eigenvalue weighted by Crippen LogP contribution is -2.33. The molecule has 0 aliphatic rings. The van der Waals surface area contributed by atoms with E-state index in [4.69, 9.17) is 16.3 Å². The van der Waals surface area contributed by atoms with E-state index in [1.807, 2.05) is 43.3 Å². The Morgan fingerprint density at radius 2 is 1.81 bits per heavy atom. The standard InChI is InChI=1S/C27H26BrClN4O4/c1-4-37-24-15-18(13-21(28)25(24)34)16-30-32-27(36)23(14-17-9-11-19(12-10-17)33(2)3)31-26(35)20-7-5-6-8-22(20)29/h5-16,34H,4H2,1-3H3,(H,31,35)(H,32,36)/b23-14+,30-16+. The van der Waals surface area contributed by atoms with E-state index >= 15 is 0 Å². The Bertz CT molecular complexity index is 1340. The number of carbonyl (C=O) groups excluding carboxylic acids is 2. The number of benzene rings is 3. The summed E-state index contributed by atoms with van der Waals surface area (Å²) < 4.78 is 5.83. The Morgan fingerprint density at radius 1 is 1.11 bits per heavy atom. The van der Waals surface area contributed by atoms with Gasteiger partial charge in [-0.05, 0) is 76.5 Å². The van der Waals surface area contributed by atoms with Crippen LogP contribution < -0.4 is 20.4 Å². The molecule has 0 aliphatic heterocycles. The Labute approximate surface area is 228 Å². The zero-order valence-corrected chi connectivity index (χ0v) is 22.8. The molecule has 0 bridgehead atoms. The second-order valence-electron chi connectivity index (χ2n) is 7.96. The summed E-state index contributed by atoms with van der Waals surface area (Å²) in [7, 11) is 3.85. The number of phenolic OH excluding ortho intramolecular Hbond substituents is 1. The minimum Gasteiger partial charge on any atom is -0.503 e. The summed E-state index contributed by atoms with van der Waals surface area (Å²) >= 11 is 9.43. The molecular weight excluding hydrogens is 560 g/mol. The van der Waals surface area contributed by atoms with Gasteiger partial charge in [0.05, 0.1) is 27.9 Å². The van der Waals surface area contributed by atoms with Gasteiger partial charge in [0.15, 0.2) is 11.5 Å². The third-order valence-electron chi connectivity index (χ3n) is 5.06. The normalized spacial score (nSPS) is 11.3. The third kappa shape index (κ3) is 7.58. The van der Waals surface area contributed by atoms with Crippen LogP contribution in [0.1, 0.15) is 28.4 Å². The molecule has 37 heavy (non-hydrogen) atoms. The molecule has 10 heteroatoms. The van der Waals surface area contributed by atoms with E-state index in [9.17, 15) is 14.7 Å². The maximum absolute atomic E-state index is 13.0. The van der Waals surface area contributed by atoms with Crippen molar-refractivity contribution in [2.75, 3.05) is 25.6 Å². The molecule has 192 valence electrons. The summed E-state index contributed by atoms with van der Waals surface area (Å²) in [6.45, 7) is 2.17. The van der Waals surface area contributed by atoms with E-state index in [2.05, 4.69) is 31.8 Å². The third-order valence-corrected chi connectivity index (χ3v) is 6.00. The summed E-state index contributed by atoms with van der Waals surface area (Å²) in [5.74, 6) is -0.935. The molecule has 0 fully saturated rings. The zero-order chi connectivity index (χ0) is 26.9. The number of aromatic hydroxyl groups is 1. The Balaban J connectivity index is 1.85. The molecule has 0 heterocycles. The maximum atomic E-state index is 13.0. The van der Waals surface area contributed by atoms with Crippen LogP contribution in [0.2, 0.25) is 5.02 Å². The number of carbonyl (C=O) groups is 2. The Morgan fingerprint density at radius 3 is 2.46 bits per heavy atom. The molecule has 3 rings (SSSR count). The Kier molecular flexibility index (Phi) is 9.71. The maximum Gasteiger partial charge on any atom is 0.287 e. The van der Waals surface area contributed by atoms with Gasteiger partial charge in [-0.3, -0.25) is 9.59 Å². The molecule has 0 aliphatic carbocycles. The number of rotatable bonds is 9. The van der Waals surface area contributed by atoms with Crippen LogP contribution in [0.5, 0.6) is 11.5 Å². The highest BCUT2D eigenvalue weighted by atomic mass is 79.9. The van der Waals surface area contributed by atoms with Crippen molar-refractivity contribution in [3.8, 4) is 11.5 Å². The first-order chi connectivity index (χ1) is 17.7. The molecule has 3 N–H and O–H groups in total. The number of halogens is 2. The van der Waals surface area contributed by atoms with Gasteiger partial charge >= 0.3 is 0 Å². The highest BCUT2D eigenvalue weighted by Gasteiger charge is 2.16. The van der Waals surface area contributed by atoms with Crippen molar-refractivity contribution in [1.29, 1.82) is 0 Å². The number of hydrogen-bond donors (Lipinski definition) is 3. The van der Waals surface area contributed by atoms with E-state index < -0.39 is 11.8 Å². The predicted molar refractivity (Wildman–Crippen MR) is 150 cm³/mol. The van der Waals surface area contributed by atoms with E-state index in [1.165, 1.54) is 6.21 Å². The number of nitrogens with one attached hydrogen (secondary N) is 2. The van der Waals surface area contributed by atoms with Crippen molar-refractivity contribution in [3.05, 3.63) is 92.5 Å². The predicted octanol–water partition coefficient (Wildman–Crippen LogP) is 5.19. The molecule has 3 aromatic carbocycles. The molecule has 2 amide bonds. The number of hydrogen-bond acceptors (Lipinski definition) is 6. The molecule has 0 atom stereocenters. The monoisotopic (exact) mass is 584 g/mol. The van der Waals surface area contributed by atoms with Crippen LogP contribution in [0, 0.1) is 0 Å². The van der Waals surface area contributed by atoms with Gasteiger partial charge in [-0.2, -0.15) is 5.10 Å². The second kappa shape index (κ2) is 12.9.